The molecule has 1 aliphatic carbocycles. The Bertz CT molecular complexity index is 489. The van der Waals surface area contributed by atoms with Crippen molar-refractivity contribution in [2.75, 3.05) is 6.61 Å². The Morgan fingerprint density at radius 2 is 2.19 bits per heavy atom. The number of aromatic nitrogens is 1. The maximum atomic E-state index is 5.92. The smallest absolute Gasteiger partial charge is 0.113 e. The van der Waals surface area contributed by atoms with Crippen LogP contribution in [-0.4, -0.2) is 23.7 Å². The van der Waals surface area contributed by atoms with Gasteiger partial charge in [-0.3, -0.25) is 0 Å². The maximum Gasteiger partial charge on any atom is 0.113 e. The molecule has 1 aromatic rings. The van der Waals surface area contributed by atoms with Crippen LogP contribution in [0.4, 0.5) is 0 Å². The van der Waals surface area contributed by atoms with Crippen LogP contribution in [0.15, 0.2) is 5.38 Å². The number of hydrogen-bond donors (Lipinski definition) is 1. The number of nitrogens with one attached hydrogen (secondary N) is 1. The molecular weight excluding hydrogens is 280 g/mol. The lowest BCUT2D eigenvalue weighted by Crippen LogP contribution is -2.50. The fourth-order valence-corrected chi connectivity index (χ4v) is 4.31. The van der Waals surface area contributed by atoms with Gasteiger partial charge in [-0.05, 0) is 32.1 Å². The fourth-order valence-electron chi connectivity index (χ4n) is 3.06. The summed E-state index contributed by atoms with van der Waals surface area (Å²) in [5.74, 6) is 0. The minimum Gasteiger partial charge on any atom is -0.378 e. The highest BCUT2D eigenvalue weighted by molar-refractivity contribution is 7.09. The molecule has 1 aliphatic heterocycles. The molecule has 1 saturated heterocycles. The van der Waals surface area contributed by atoms with Crippen LogP contribution in [0.2, 0.25) is 0 Å². The summed E-state index contributed by atoms with van der Waals surface area (Å²) in [6.07, 6.45) is 6.21. The molecule has 1 N–H and O–H groups in total. The van der Waals surface area contributed by atoms with Crippen LogP contribution in [-0.2, 0) is 15.7 Å². The van der Waals surface area contributed by atoms with E-state index in [-0.39, 0.29) is 11.0 Å². The van der Waals surface area contributed by atoms with Gasteiger partial charge in [0.1, 0.15) is 5.01 Å². The molecule has 3 nitrogen and oxygen atoms in total. The third-order valence-electron chi connectivity index (χ3n) is 4.65. The molecule has 2 heterocycles. The van der Waals surface area contributed by atoms with Gasteiger partial charge in [0.25, 0.3) is 0 Å². The van der Waals surface area contributed by atoms with Crippen molar-refractivity contribution >= 4 is 11.3 Å². The largest absolute Gasteiger partial charge is 0.378 e. The van der Waals surface area contributed by atoms with Gasteiger partial charge < -0.3 is 10.1 Å². The van der Waals surface area contributed by atoms with E-state index in [1.807, 2.05) is 11.3 Å². The molecule has 2 atom stereocenters. The van der Waals surface area contributed by atoms with Crippen molar-refractivity contribution in [2.24, 2.45) is 0 Å². The summed E-state index contributed by atoms with van der Waals surface area (Å²) in [4.78, 5) is 5.03. The van der Waals surface area contributed by atoms with E-state index >= 15 is 0 Å². The first-order valence-corrected chi connectivity index (χ1v) is 9.17. The van der Waals surface area contributed by atoms with E-state index in [9.17, 15) is 0 Å². The quantitative estimate of drug-likeness (QED) is 0.913. The van der Waals surface area contributed by atoms with Crippen molar-refractivity contribution in [2.45, 2.75) is 82.9 Å². The number of nitrogens with zero attached hydrogens (tertiary/aromatic N) is 1. The van der Waals surface area contributed by atoms with Crippen molar-refractivity contribution in [3.05, 3.63) is 16.1 Å². The number of hydrogen-bond acceptors (Lipinski definition) is 4. The molecule has 2 fully saturated rings. The molecule has 2 aliphatic rings. The number of thiazole rings is 1. The van der Waals surface area contributed by atoms with Gasteiger partial charge in [0.05, 0.1) is 17.3 Å². The third kappa shape index (κ3) is 3.33. The normalized spacial score (nSPS) is 30.6. The van der Waals surface area contributed by atoms with Crippen molar-refractivity contribution in [1.82, 2.24) is 10.3 Å². The average Bonchev–Trinajstić information content (AvgIpc) is 3.08. The van der Waals surface area contributed by atoms with E-state index in [1.54, 1.807) is 0 Å². The molecule has 2 unspecified atom stereocenters. The highest BCUT2D eigenvalue weighted by Gasteiger charge is 2.44. The van der Waals surface area contributed by atoms with Gasteiger partial charge in [-0.2, -0.15) is 0 Å². The first-order chi connectivity index (χ1) is 9.93. The Kier molecular flexibility index (Phi) is 4.15. The van der Waals surface area contributed by atoms with Gasteiger partial charge in [0.15, 0.2) is 0 Å². The Hall–Kier alpha value is -0.450. The summed E-state index contributed by atoms with van der Waals surface area (Å²) >= 11 is 1.83. The lowest BCUT2D eigenvalue weighted by molar-refractivity contribution is -0.0330. The second-order valence-electron chi connectivity index (χ2n) is 7.64. The minimum absolute atomic E-state index is 0.0499. The van der Waals surface area contributed by atoms with Crippen molar-refractivity contribution in [1.29, 1.82) is 0 Å². The van der Waals surface area contributed by atoms with E-state index in [2.05, 4.69) is 38.4 Å². The molecule has 0 bridgehead atoms. The van der Waals surface area contributed by atoms with E-state index in [0.29, 0.717) is 12.1 Å². The fraction of sp³-hybridized carbons (Fsp3) is 0.824. The molecular formula is C17H28N2OS. The molecule has 3 rings (SSSR count). The SMILES string of the molecule is CCC1CC(NC2CC2)(c2nc(C(C)(C)C)cs2)CCO1. The Morgan fingerprint density at radius 3 is 2.76 bits per heavy atom. The zero-order chi connectivity index (χ0) is 15.1. The summed E-state index contributed by atoms with van der Waals surface area (Å²) in [5, 5.41) is 7.45. The molecule has 0 spiro atoms. The third-order valence-corrected chi connectivity index (χ3v) is 5.70. The molecule has 0 aromatic carbocycles. The summed E-state index contributed by atoms with van der Waals surface area (Å²) < 4.78 is 5.92. The number of ether oxygens (including phenoxy) is 1. The van der Waals surface area contributed by atoms with Crippen LogP contribution in [0.3, 0.4) is 0 Å². The zero-order valence-electron chi connectivity index (χ0n) is 13.7. The first-order valence-electron chi connectivity index (χ1n) is 8.29. The Balaban J connectivity index is 1.89. The predicted molar refractivity (Wildman–Crippen MR) is 87.9 cm³/mol. The predicted octanol–water partition coefficient (Wildman–Crippen LogP) is 3.98. The van der Waals surface area contributed by atoms with Gasteiger partial charge >= 0.3 is 0 Å². The van der Waals surface area contributed by atoms with Crippen LogP contribution in [0.1, 0.15) is 70.5 Å². The van der Waals surface area contributed by atoms with Gasteiger partial charge in [0, 0.05) is 23.4 Å². The van der Waals surface area contributed by atoms with Gasteiger partial charge in [-0.1, -0.05) is 27.7 Å². The molecule has 4 heteroatoms. The first kappa shape index (κ1) is 15.4. The zero-order valence-corrected chi connectivity index (χ0v) is 14.6. The van der Waals surface area contributed by atoms with E-state index in [1.165, 1.54) is 23.5 Å². The van der Waals surface area contributed by atoms with Crippen molar-refractivity contribution in [3.63, 3.8) is 0 Å². The second kappa shape index (κ2) is 5.64. The summed E-state index contributed by atoms with van der Waals surface area (Å²) in [7, 11) is 0. The average molecular weight is 308 g/mol. The molecule has 1 aromatic heterocycles. The molecule has 0 radical (unpaired) electrons. The Labute approximate surface area is 132 Å². The molecule has 1 saturated carbocycles. The highest BCUT2D eigenvalue weighted by Crippen LogP contribution is 2.41. The minimum atomic E-state index is 0.0499. The molecule has 118 valence electrons. The highest BCUT2D eigenvalue weighted by atomic mass is 32.1. The van der Waals surface area contributed by atoms with Crippen molar-refractivity contribution < 1.29 is 4.74 Å². The summed E-state index contributed by atoms with van der Waals surface area (Å²) in [6.45, 7) is 9.80. The molecule has 21 heavy (non-hydrogen) atoms. The number of rotatable bonds is 4. The lowest BCUT2D eigenvalue weighted by Gasteiger charge is -2.40. The van der Waals surface area contributed by atoms with Crippen LogP contribution in [0.5, 0.6) is 0 Å². The maximum absolute atomic E-state index is 5.92. The topological polar surface area (TPSA) is 34.2 Å². The summed E-state index contributed by atoms with van der Waals surface area (Å²) in [5.41, 5.74) is 1.40. The van der Waals surface area contributed by atoms with E-state index in [0.717, 1.165) is 25.9 Å². The lowest BCUT2D eigenvalue weighted by atomic mass is 9.85. The Morgan fingerprint density at radius 1 is 1.43 bits per heavy atom. The van der Waals surface area contributed by atoms with Gasteiger partial charge in [0.2, 0.25) is 0 Å². The van der Waals surface area contributed by atoms with E-state index < -0.39 is 0 Å². The van der Waals surface area contributed by atoms with Gasteiger partial charge in [-0.25, -0.2) is 4.98 Å². The monoisotopic (exact) mass is 308 g/mol. The second-order valence-corrected chi connectivity index (χ2v) is 8.50. The van der Waals surface area contributed by atoms with Crippen LogP contribution >= 0.6 is 11.3 Å². The summed E-state index contributed by atoms with van der Waals surface area (Å²) in [6, 6.07) is 0.697. The van der Waals surface area contributed by atoms with Crippen LogP contribution in [0, 0.1) is 0 Å². The van der Waals surface area contributed by atoms with Crippen LogP contribution < -0.4 is 5.32 Å². The van der Waals surface area contributed by atoms with E-state index in [4.69, 9.17) is 9.72 Å². The molecule has 0 amide bonds. The van der Waals surface area contributed by atoms with Gasteiger partial charge in [-0.15, -0.1) is 11.3 Å². The standard InChI is InChI=1S/C17H28N2OS/c1-5-13-10-17(8-9-20-13,19-12-6-7-12)15-18-14(11-21-15)16(2,3)4/h11-13,19H,5-10H2,1-4H3. The van der Waals surface area contributed by atoms with Crippen LogP contribution in [0.25, 0.3) is 0 Å². The van der Waals surface area contributed by atoms with Crippen molar-refractivity contribution in [3.8, 4) is 0 Å².